The number of alkyl halides is 6. The molecule has 0 aromatic carbocycles. The zero-order valence-corrected chi connectivity index (χ0v) is 10.4. The van der Waals surface area contributed by atoms with Crippen LogP contribution in [-0.4, -0.2) is 19.4 Å². The molecule has 1 N–H and O–H groups in total. The van der Waals surface area contributed by atoms with Crippen molar-refractivity contribution in [2.75, 3.05) is 7.05 Å². The highest BCUT2D eigenvalue weighted by molar-refractivity contribution is 7.16. The van der Waals surface area contributed by atoms with Gasteiger partial charge in [0.25, 0.3) is 0 Å². The first-order chi connectivity index (χ1) is 8.07. The first-order valence-corrected chi connectivity index (χ1v) is 5.82. The Bertz CT molecular complexity index is 384. The molecule has 1 unspecified atom stereocenters. The summed E-state index contributed by atoms with van der Waals surface area (Å²) in [5, 5.41) is 2.06. The first kappa shape index (κ1) is 15.6. The van der Waals surface area contributed by atoms with Gasteiger partial charge in [-0.25, -0.2) is 0 Å². The molecule has 0 radical (unpaired) electrons. The molecule has 1 heterocycles. The van der Waals surface area contributed by atoms with Crippen molar-refractivity contribution < 1.29 is 26.3 Å². The van der Waals surface area contributed by atoms with E-state index in [1.165, 1.54) is 6.07 Å². The minimum absolute atomic E-state index is 0.109. The Labute approximate surface area is 108 Å². The number of hydrogen-bond acceptors (Lipinski definition) is 2. The summed E-state index contributed by atoms with van der Waals surface area (Å²) in [5.41, 5.74) is 0. The third-order valence-corrected chi connectivity index (χ3v) is 3.56. The van der Waals surface area contributed by atoms with Crippen LogP contribution < -0.4 is 5.32 Å². The fourth-order valence-electron chi connectivity index (χ4n) is 1.53. The summed E-state index contributed by atoms with van der Waals surface area (Å²) in [7, 11) is 1.04. The molecular formula is C9H8ClF6NS. The molecule has 9 heteroatoms. The smallest absolute Gasteiger partial charge is 0.312 e. The second-order valence-electron chi connectivity index (χ2n) is 3.47. The zero-order valence-electron chi connectivity index (χ0n) is 8.86. The molecular weight excluding hydrogens is 304 g/mol. The maximum Gasteiger partial charge on any atom is 0.402 e. The Balaban J connectivity index is 3.18. The third-order valence-electron chi connectivity index (χ3n) is 2.25. The molecule has 0 bridgehead atoms. The minimum atomic E-state index is -5.39. The summed E-state index contributed by atoms with van der Waals surface area (Å²) < 4.78 is 75.5. The van der Waals surface area contributed by atoms with Gasteiger partial charge in [0.2, 0.25) is 0 Å². The fraction of sp³-hybridized carbons (Fsp3) is 0.556. The summed E-state index contributed by atoms with van der Waals surface area (Å²) in [6.45, 7) is 0. The topological polar surface area (TPSA) is 12.0 Å². The summed E-state index contributed by atoms with van der Waals surface area (Å²) in [6, 6.07) is 0.511. The molecule has 1 aromatic rings. The van der Waals surface area contributed by atoms with Gasteiger partial charge in [0.1, 0.15) is 0 Å². The van der Waals surface area contributed by atoms with Crippen molar-refractivity contribution in [3.8, 4) is 0 Å². The fourth-order valence-corrected chi connectivity index (χ4v) is 2.74. The van der Waals surface area contributed by atoms with Crippen LogP contribution in [-0.2, 0) is 0 Å². The average Bonchev–Trinajstić information content (AvgIpc) is 2.56. The summed E-state index contributed by atoms with van der Waals surface area (Å²) >= 11 is 6.21. The van der Waals surface area contributed by atoms with Crippen LogP contribution in [0.5, 0.6) is 0 Å². The molecule has 0 aliphatic heterocycles. The Morgan fingerprint density at radius 1 is 1.11 bits per heavy atom. The summed E-state index contributed by atoms with van der Waals surface area (Å²) in [4.78, 5) is -0.109. The molecule has 0 saturated carbocycles. The maximum absolute atomic E-state index is 12.6. The second-order valence-corrected chi connectivity index (χ2v) is 5.22. The van der Waals surface area contributed by atoms with Gasteiger partial charge in [-0.3, -0.25) is 0 Å². The van der Waals surface area contributed by atoms with E-state index in [1.54, 1.807) is 0 Å². The molecule has 1 atom stereocenters. The van der Waals surface area contributed by atoms with Crippen molar-refractivity contribution in [1.29, 1.82) is 0 Å². The molecule has 0 fully saturated rings. The Morgan fingerprint density at radius 2 is 1.61 bits per heavy atom. The molecule has 0 saturated heterocycles. The highest BCUT2D eigenvalue weighted by Gasteiger charge is 2.60. The van der Waals surface area contributed by atoms with Gasteiger partial charge in [0.05, 0.1) is 10.4 Å². The quantitative estimate of drug-likeness (QED) is 0.816. The van der Waals surface area contributed by atoms with Gasteiger partial charge in [-0.1, -0.05) is 11.6 Å². The van der Waals surface area contributed by atoms with Crippen molar-refractivity contribution in [1.82, 2.24) is 5.32 Å². The molecule has 0 spiro atoms. The standard InChI is InChI=1S/C9H8ClF6NS/c1-17-6(4-2-3-5(10)18-4)7(8(11,12)13)9(14,15)16/h2-3,6-7,17H,1H3. The number of nitrogens with one attached hydrogen (secondary N) is 1. The molecule has 0 aliphatic carbocycles. The van der Waals surface area contributed by atoms with Crippen LogP contribution in [0.1, 0.15) is 10.9 Å². The predicted molar refractivity (Wildman–Crippen MR) is 56.7 cm³/mol. The Hall–Kier alpha value is -0.470. The lowest BCUT2D eigenvalue weighted by Gasteiger charge is -2.29. The van der Waals surface area contributed by atoms with Gasteiger partial charge in [-0.2, -0.15) is 26.3 Å². The van der Waals surface area contributed by atoms with Crippen molar-refractivity contribution in [2.24, 2.45) is 5.92 Å². The van der Waals surface area contributed by atoms with E-state index in [1.807, 2.05) is 0 Å². The predicted octanol–water partition coefficient (Wildman–Crippen LogP) is 4.40. The highest BCUT2D eigenvalue weighted by Crippen LogP contribution is 2.47. The lowest BCUT2D eigenvalue weighted by molar-refractivity contribution is -0.292. The number of thiophene rings is 1. The van der Waals surface area contributed by atoms with E-state index in [0.29, 0.717) is 11.3 Å². The monoisotopic (exact) mass is 311 g/mol. The van der Waals surface area contributed by atoms with E-state index in [2.05, 4.69) is 5.32 Å². The third kappa shape index (κ3) is 3.52. The number of hydrogen-bond donors (Lipinski definition) is 1. The van der Waals surface area contributed by atoms with Crippen LogP contribution in [0.3, 0.4) is 0 Å². The van der Waals surface area contributed by atoms with Crippen LogP contribution in [0.4, 0.5) is 26.3 Å². The minimum Gasteiger partial charge on any atom is -0.312 e. The van der Waals surface area contributed by atoms with Crippen LogP contribution >= 0.6 is 22.9 Å². The van der Waals surface area contributed by atoms with Gasteiger partial charge in [-0.05, 0) is 19.2 Å². The summed E-state index contributed by atoms with van der Waals surface area (Å²) in [5.74, 6) is -3.47. The van der Waals surface area contributed by atoms with Crippen LogP contribution in [0.2, 0.25) is 4.34 Å². The maximum atomic E-state index is 12.6. The number of rotatable bonds is 3. The van der Waals surface area contributed by atoms with Crippen LogP contribution in [0, 0.1) is 5.92 Å². The molecule has 1 rings (SSSR count). The zero-order chi connectivity index (χ0) is 14.1. The van der Waals surface area contributed by atoms with Gasteiger partial charge in [0.15, 0.2) is 5.92 Å². The first-order valence-electron chi connectivity index (χ1n) is 4.63. The lowest BCUT2D eigenvalue weighted by atomic mass is 9.97. The van der Waals surface area contributed by atoms with E-state index >= 15 is 0 Å². The lowest BCUT2D eigenvalue weighted by Crippen LogP contribution is -2.44. The number of halogens is 7. The van der Waals surface area contributed by atoms with Gasteiger partial charge < -0.3 is 5.32 Å². The van der Waals surface area contributed by atoms with Gasteiger partial charge in [0, 0.05) is 4.88 Å². The Kier molecular flexibility index (Phi) is 4.56. The largest absolute Gasteiger partial charge is 0.402 e. The van der Waals surface area contributed by atoms with Crippen LogP contribution in [0.15, 0.2) is 12.1 Å². The van der Waals surface area contributed by atoms with Gasteiger partial charge in [-0.15, -0.1) is 11.3 Å². The molecule has 1 nitrogen and oxygen atoms in total. The average molecular weight is 312 g/mol. The molecule has 0 amide bonds. The van der Waals surface area contributed by atoms with Crippen molar-refractivity contribution in [3.05, 3.63) is 21.3 Å². The van der Waals surface area contributed by atoms with Crippen LogP contribution in [0.25, 0.3) is 0 Å². The van der Waals surface area contributed by atoms with E-state index in [4.69, 9.17) is 11.6 Å². The molecule has 1 aromatic heterocycles. The van der Waals surface area contributed by atoms with Crippen molar-refractivity contribution >= 4 is 22.9 Å². The van der Waals surface area contributed by atoms with E-state index in [-0.39, 0.29) is 9.21 Å². The second kappa shape index (κ2) is 5.26. The SMILES string of the molecule is CNC(c1ccc(Cl)s1)C(C(F)(F)F)C(F)(F)F. The molecule has 0 aliphatic rings. The van der Waals surface area contributed by atoms with E-state index in [9.17, 15) is 26.3 Å². The summed E-state index contributed by atoms with van der Waals surface area (Å²) in [6.07, 6.45) is -10.8. The van der Waals surface area contributed by atoms with E-state index in [0.717, 1.165) is 13.1 Å². The highest BCUT2D eigenvalue weighted by atomic mass is 35.5. The van der Waals surface area contributed by atoms with Crippen molar-refractivity contribution in [2.45, 2.75) is 18.4 Å². The van der Waals surface area contributed by atoms with Gasteiger partial charge >= 0.3 is 12.4 Å². The molecule has 104 valence electrons. The Morgan fingerprint density at radius 3 is 1.89 bits per heavy atom. The normalized spacial score (nSPS) is 15.2. The van der Waals surface area contributed by atoms with E-state index < -0.39 is 24.3 Å². The van der Waals surface area contributed by atoms with Crippen molar-refractivity contribution in [3.63, 3.8) is 0 Å². The molecule has 18 heavy (non-hydrogen) atoms.